The lowest BCUT2D eigenvalue weighted by atomic mass is 10.1. The van der Waals surface area contributed by atoms with Crippen molar-refractivity contribution in [3.05, 3.63) is 30.1 Å². The van der Waals surface area contributed by atoms with E-state index in [-0.39, 0.29) is 6.04 Å². The van der Waals surface area contributed by atoms with Crippen LogP contribution >= 0.6 is 11.8 Å². The van der Waals surface area contributed by atoms with Gasteiger partial charge in [0, 0.05) is 30.5 Å². The standard InChI is InChI=1S/C13H18N4O2S/c1-17-13(15-8-16-17)20-7-11(14)10-5-4-9(18-2)6-12(10)19-3/h4-6,8,11H,7,14H2,1-3H3. The first-order valence-electron chi connectivity index (χ1n) is 6.10. The van der Waals surface area contributed by atoms with Gasteiger partial charge in [-0.2, -0.15) is 5.10 Å². The Morgan fingerprint density at radius 1 is 1.35 bits per heavy atom. The molecule has 0 aliphatic rings. The maximum Gasteiger partial charge on any atom is 0.185 e. The monoisotopic (exact) mass is 294 g/mol. The molecule has 1 unspecified atom stereocenters. The predicted octanol–water partition coefficient (Wildman–Crippen LogP) is 1.62. The molecular formula is C13H18N4O2S. The number of ether oxygens (including phenoxy) is 2. The van der Waals surface area contributed by atoms with Crippen molar-refractivity contribution in [3.63, 3.8) is 0 Å². The third-order valence-electron chi connectivity index (χ3n) is 2.90. The Labute approximate surface area is 122 Å². The summed E-state index contributed by atoms with van der Waals surface area (Å²) in [4.78, 5) is 4.16. The van der Waals surface area contributed by atoms with E-state index in [9.17, 15) is 0 Å². The van der Waals surface area contributed by atoms with Crippen LogP contribution in [0.4, 0.5) is 0 Å². The lowest BCUT2D eigenvalue weighted by molar-refractivity contribution is 0.389. The smallest absolute Gasteiger partial charge is 0.185 e. The van der Waals surface area contributed by atoms with Gasteiger partial charge in [0.05, 0.1) is 14.2 Å². The molecule has 0 saturated carbocycles. The summed E-state index contributed by atoms with van der Waals surface area (Å²) in [7, 11) is 5.11. The van der Waals surface area contributed by atoms with Crippen molar-refractivity contribution >= 4 is 11.8 Å². The molecule has 0 spiro atoms. The number of rotatable bonds is 6. The third kappa shape index (κ3) is 3.23. The summed E-state index contributed by atoms with van der Waals surface area (Å²) in [5, 5.41) is 4.87. The van der Waals surface area contributed by atoms with Crippen LogP contribution in [0.3, 0.4) is 0 Å². The topological polar surface area (TPSA) is 75.2 Å². The van der Waals surface area contributed by atoms with Gasteiger partial charge in [0.1, 0.15) is 17.8 Å². The van der Waals surface area contributed by atoms with Gasteiger partial charge in [0.15, 0.2) is 5.16 Å². The fourth-order valence-electron chi connectivity index (χ4n) is 1.80. The van der Waals surface area contributed by atoms with Gasteiger partial charge in [0.2, 0.25) is 0 Å². The van der Waals surface area contributed by atoms with E-state index in [1.807, 2.05) is 25.2 Å². The van der Waals surface area contributed by atoms with Gasteiger partial charge in [-0.3, -0.25) is 0 Å². The predicted molar refractivity (Wildman–Crippen MR) is 78.2 cm³/mol. The molecule has 0 bridgehead atoms. The maximum absolute atomic E-state index is 6.23. The molecule has 0 fully saturated rings. The molecule has 108 valence electrons. The number of benzene rings is 1. The minimum absolute atomic E-state index is 0.155. The van der Waals surface area contributed by atoms with E-state index >= 15 is 0 Å². The Balaban J connectivity index is 2.08. The molecule has 0 aliphatic carbocycles. The van der Waals surface area contributed by atoms with Crippen LogP contribution in [0.2, 0.25) is 0 Å². The summed E-state index contributed by atoms with van der Waals surface area (Å²) in [5.74, 6) is 2.17. The lowest BCUT2D eigenvalue weighted by Crippen LogP contribution is -2.14. The van der Waals surface area contributed by atoms with Gasteiger partial charge < -0.3 is 15.2 Å². The minimum atomic E-state index is -0.155. The molecule has 7 heteroatoms. The number of nitrogens with two attached hydrogens (primary N) is 1. The second-order valence-electron chi connectivity index (χ2n) is 4.19. The number of hydrogen-bond acceptors (Lipinski definition) is 6. The zero-order valence-electron chi connectivity index (χ0n) is 11.7. The summed E-state index contributed by atoms with van der Waals surface area (Å²) >= 11 is 1.56. The van der Waals surface area contributed by atoms with Crippen molar-refractivity contribution in [2.45, 2.75) is 11.2 Å². The van der Waals surface area contributed by atoms with Crippen LogP contribution in [0.5, 0.6) is 11.5 Å². The summed E-state index contributed by atoms with van der Waals surface area (Å²) in [6.45, 7) is 0. The average Bonchev–Trinajstić information content (AvgIpc) is 2.89. The van der Waals surface area contributed by atoms with Crippen LogP contribution in [-0.4, -0.2) is 34.7 Å². The molecule has 1 atom stereocenters. The Hall–Kier alpha value is -1.73. The van der Waals surface area contributed by atoms with Gasteiger partial charge >= 0.3 is 0 Å². The first-order chi connectivity index (χ1) is 9.65. The highest BCUT2D eigenvalue weighted by Crippen LogP contribution is 2.31. The second kappa shape index (κ2) is 6.62. The fraction of sp³-hybridized carbons (Fsp3) is 0.385. The molecule has 1 aromatic carbocycles. The van der Waals surface area contributed by atoms with Gasteiger partial charge in [-0.25, -0.2) is 9.67 Å². The Morgan fingerprint density at radius 2 is 2.15 bits per heavy atom. The van der Waals surface area contributed by atoms with Crippen LogP contribution < -0.4 is 15.2 Å². The van der Waals surface area contributed by atoms with Crippen molar-refractivity contribution in [2.75, 3.05) is 20.0 Å². The molecule has 0 aliphatic heterocycles. The van der Waals surface area contributed by atoms with E-state index in [2.05, 4.69) is 10.1 Å². The Bertz CT molecular complexity index is 573. The summed E-state index contributed by atoms with van der Waals surface area (Å²) in [6, 6.07) is 5.49. The number of nitrogens with zero attached hydrogens (tertiary/aromatic N) is 3. The molecule has 6 nitrogen and oxygen atoms in total. The number of thioether (sulfide) groups is 1. The minimum Gasteiger partial charge on any atom is -0.497 e. The van der Waals surface area contributed by atoms with E-state index < -0.39 is 0 Å². The summed E-state index contributed by atoms with van der Waals surface area (Å²) in [6.07, 6.45) is 1.53. The normalized spacial score (nSPS) is 12.2. The van der Waals surface area contributed by atoms with Crippen molar-refractivity contribution in [2.24, 2.45) is 12.8 Å². The van der Waals surface area contributed by atoms with Crippen molar-refractivity contribution in [1.82, 2.24) is 14.8 Å². The molecule has 20 heavy (non-hydrogen) atoms. The van der Waals surface area contributed by atoms with Crippen LogP contribution in [0.15, 0.2) is 29.7 Å². The molecular weight excluding hydrogens is 276 g/mol. The zero-order valence-corrected chi connectivity index (χ0v) is 12.6. The molecule has 2 N–H and O–H groups in total. The lowest BCUT2D eigenvalue weighted by Gasteiger charge is -2.16. The number of aryl methyl sites for hydroxylation is 1. The third-order valence-corrected chi connectivity index (χ3v) is 4.06. The molecule has 0 amide bonds. The number of methoxy groups -OCH3 is 2. The SMILES string of the molecule is COc1ccc(C(N)CSc2ncnn2C)c(OC)c1. The van der Waals surface area contributed by atoms with E-state index in [0.717, 1.165) is 22.2 Å². The van der Waals surface area contributed by atoms with E-state index in [1.54, 1.807) is 30.7 Å². The maximum atomic E-state index is 6.23. The molecule has 0 radical (unpaired) electrons. The highest BCUT2D eigenvalue weighted by atomic mass is 32.2. The van der Waals surface area contributed by atoms with E-state index in [0.29, 0.717) is 5.75 Å². The Kier molecular flexibility index (Phi) is 4.86. The van der Waals surface area contributed by atoms with Crippen molar-refractivity contribution < 1.29 is 9.47 Å². The van der Waals surface area contributed by atoms with Gasteiger partial charge in [0.25, 0.3) is 0 Å². The highest BCUT2D eigenvalue weighted by molar-refractivity contribution is 7.99. The van der Waals surface area contributed by atoms with E-state index in [4.69, 9.17) is 15.2 Å². The highest BCUT2D eigenvalue weighted by Gasteiger charge is 2.14. The average molecular weight is 294 g/mol. The van der Waals surface area contributed by atoms with Crippen LogP contribution in [-0.2, 0) is 7.05 Å². The van der Waals surface area contributed by atoms with Crippen molar-refractivity contribution in [1.29, 1.82) is 0 Å². The largest absolute Gasteiger partial charge is 0.497 e. The molecule has 0 saturated heterocycles. The second-order valence-corrected chi connectivity index (χ2v) is 5.18. The molecule has 1 heterocycles. The molecule has 2 rings (SSSR count). The summed E-state index contributed by atoms with van der Waals surface area (Å²) in [5.41, 5.74) is 7.18. The van der Waals surface area contributed by atoms with Gasteiger partial charge in [-0.1, -0.05) is 17.8 Å². The van der Waals surface area contributed by atoms with Crippen LogP contribution in [0.25, 0.3) is 0 Å². The quantitative estimate of drug-likeness (QED) is 0.816. The molecule has 1 aromatic heterocycles. The Morgan fingerprint density at radius 3 is 2.75 bits per heavy atom. The van der Waals surface area contributed by atoms with Gasteiger partial charge in [-0.15, -0.1) is 0 Å². The summed E-state index contributed by atoms with van der Waals surface area (Å²) < 4.78 is 12.3. The first-order valence-corrected chi connectivity index (χ1v) is 7.08. The van der Waals surface area contributed by atoms with Crippen LogP contribution in [0.1, 0.15) is 11.6 Å². The van der Waals surface area contributed by atoms with Crippen LogP contribution in [0, 0.1) is 0 Å². The zero-order chi connectivity index (χ0) is 14.5. The number of hydrogen-bond donors (Lipinski definition) is 1. The molecule has 2 aromatic rings. The fourth-order valence-corrected chi connectivity index (χ4v) is 2.66. The first kappa shape index (κ1) is 14.7. The van der Waals surface area contributed by atoms with Gasteiger partial charge in [-0.05, 0) is 6.07 Å². The van der Waals surface area contributed by atoms with E-state index in [1.165, 1.54) is 6.33 Å². The van der Waals surface area contributed by atoms with Crippen molar-refractivity contribution in [3.8, 4) is 11.5 Å². The number of aromatic nitrogens is 3.